The normalized spacial score (nSPS) is 12.3. The fraction of sp³-hybridized carbons (Fsp3) is 0.0714. The summed E-state index contributed by atoms with van der Waals surface area (Å²) in [5, 5.41) is 0. The molecule has 0 N–H and O–H groups in total. The lowest BCUT2D eigenvalue weighted by Gasteiger charge is -2.19. The van der Waals surface area contributed by atoms with E-state index in [0.717, 1.165) is 21.3 Å². The Kier molecular flexibility index (Phi) is 2.41. The smallest absolute Gasteiger partial charge is 0.159 e. The summed E-state index contributed by atoms with van der Waals surface area (Å²) >= 11 is 1.67. The number of benzene rings is 2. The van der Waals surface area contributed by atoms with Crippen molar-refractivity contribution < 1.29 is 9.53 Å². The monoisotopic (exact) mass is 242 g/mol. The molecular weight excluding hydrogens is 232 g/mol. The van der Waals surface area contributed by atoms with E-state index in [2.05, 4.69) is 0 Å². The van der Waals surface area contributed by atoms with Gasteiger partial charge < -0.3 is 4.74 Å². The average Bonchev–Trinajstić information content (AvgIpc) is 2.35. The molecule has 1 aliphatic rings. The Bertz CT molecular complexity index is 605. The Morgan fingerprint density at radius 2 is 1.82 bits per heavy atom. The SMILES string of the molecule is CC(=O)c1ccc2c(c1)Oc1ccccc1S2. The van der Waals surface area contributed by atoms with Crippen LogP contribution in [-0.2, 0) is 0 Å². The molecule has 1 heterocycles. The van der Waals surface area contributed by atoms with Crippen molar-refractivity contribution in [1.82, 2.24) is 0 Å². The third kappa shape index (κ3) is 1.83. The maximum Gasteiger partial charge on any atom is 0.159 e. The number of Topliss-reactive ketones (excluding diaryl/α,β-unsaturated/α-hetero) is 1. The molecule has 1 aliphatic heterocycles. The van der Waals surface area contributed by atoms with Gasteiger partial charge >= 0.3 is 0 Å². The molecule has 2 aromatic rings. The number of para-hydroxylation sites is 1. The van der Waals surface area contributed by atoms with Gasteiger partial charge in [0.25, 0.3) is 0 Å². The molecule has 0 bridgehead atoms. The number of carbonyl (C=O) groups excluding carboxylic acids is 1. The van der Waals surface area contributed by atoms with Crippen LogP contribution in [0.3, 0.4) is 0 Å². The molecule has 0 fully saturated rings. The number of rotatable bonds is 1. The van der Waals surface area contributed by atoms with Gasteiger partial charge in [-0.3, -0.25) is 4.79 Å². The topological polar surface area (TPSA) is 26.3 Å². The van der Waals surface area contributed by atoms with Crippen LogP contribution in [0, 0.1) is 0 Å². The Labute approximate surface area is 104 Å². The van der Waals surface area contributed by atoms with E-state index in [9.17, 15) is 4.79 Å². The lowest BCUT2D eigenvalue weighted by atomic mass is 10.1. The van der Waals surface area contributed by atoms with Crippen LogP contribution in [0.25, 0.3) is 0 Å². The Morgan fingerprint density at radius 1 is 1.06 bits per heavy atom. The zero-order chi connectivity index (χ0) is 11.8. The molecule has 0 aromatic heterocycles. The summed E-state index contributed by atoms with van der Waals surface area (Å²) in [6, 6.07) is 13.5. The van der Waals surface area contributed by atoms with Gasteiger partial charge in [-0.25, -0.2) is 0 Å². The number of ketones is 1. The van der Waals surface area contributed by atoms with E-state index in [4.69, 9.17) is 4.74 Å². The van der Waals surface area contributed by atoms with Crippen LogP contribution in [-0.4, -0.2) is 5.78 Å². The molecule has 2 aromatic carbocycles. The molecule has 84 valence electrons. The van der Waals surface area contributed by atoms with Gasteiger partial charge in [-0.05, 0) is 31.2 Å². The van der Waals surface area contributed by atoms with Crippen molar-refractivity contribution >= 4 is 17.5 Å². The van der Waals surface area contributed by atoms with Crippen LogP contribution in [0.5, 0.6) is 11.5 Å². The first-order valence-electron chi connectivity index (χ1n) is 5.34. The highest BCUT2D eigenvalue weighted by molar-refractivity contribution is 7.99. The first kappa shape index (κ1) is 10.4. The Hall–Kier alpha value is -1.74. The highest BCUT2D eigenvalue weighted by Gasteiger charge is 2.17. The van der Waals surface area contributed by atoms with E-state index in [1.165, 1.54) is 0 Å². The molecule has 0 saturated heterocycles. The highest BCUT2D eigenvalue weighted by Crippen LogP contribution is 2.46. The maximum atomic E-state index is 11.3. The van der Waals surface area contributed by atoms with Crippen molar-refractivity contribution in [2.24, 2.45) is 0 Å². The van der Waals surface area contributed by atoms with Gasteiger partial charge in [-0.2, -0.15) is 0 Å². The largest absolute Gasteiger partial charge is 0.455 e. The van der Waals surface area contributed by atoms with E-state index < -0.39 is 0 Å². The predicted octanol–water partition coefficient (Wildman–Crippen LogP) is 4.15. The molecule has 2 nitrogen and oxygen atoms in total. The van der Waals surface area contributed by atoms with Crippen molar-refractivity contribution in [3.05, 3.63) is 48.0 Å². The Balaban J connectivity index is 2.06. The van der Waals surface area contributed by atoms with Crippen LogP contribution in [0.2, 0.25) is 0 Å². The summed E-state index contributed by atoms with van der Waals surface area (Å²) < 4.78 is 5.80. The quantitative estimate of drug-likeness (QED) is 0.600. The zero-order valence-corrected chi connectivity index (χ0v) is 10.1. The first-order valence-corrected chi connectivity index (χ1v) is 6.15. The number of fused-ring (bicyclic) bond motifs is 2. The van der Waals surface area contributed by atoms with Crippen LogP contribution >= 0.6 is 11.8 Å². The second-order valence-corrected chi connectivity index (χ2v) is 4.95. The van der Waals surface area contributed by atoms with E-state index >= 15 is 0 Å². The molecule has 0 spiro atoms. The van der Waals surface area contributed by atoms with Crippen LogP contribution in [0.4, 0.5) is 0 Å². The minimum absolute atomic E-state index is 0.0558. The van der Waals surface area contributed by atoms with Crippen LogP contribution in [0.15, 0.2) is 52.3 Å². The summed E-state index contributed by atoms with van der Waals surface area (Å²) in [5.74, 6) is 1.67. The molecule has 0 aliphatic carbocycles. The third-order valence-corrected chi connectivity index (χ3v) is 3.75. The minimum atomic E-state index is 0.0558. The molecule has 0 amide bonds. The maximum absolute atomic E-state index is 11.3. The fourth-order valence-corrected chi connectivity index (χ4v) is 2.68. The second-order valence-electron chi connectivity index (χ2n) is 3.87. The lowest BCUT2D eigenvalue weighted by Crippen LogP contribution is -1.98. The molecule has 0 saturated carbocycles. The number of hydrogen-bond acceptors (Lipinski definition) is 3. The molecule has 0 atom stereocenters. The minimum Gasteiger partial charge on any atom is -0.455 e. The lowest BCUT2D eigenvalue weighted by molar-refractivity contribution is 0.101. The van der Waals surface area contributed by atoms with E-state index in [1.54, 1.807) is 24.8 Å². The van der Waals surface area contributed by atoms with E-state index in [0.29, 0.717) is 5.56 Å². The summed E-state index contributed by atoms with van der Waals surface area (Å²) in [4.78, 5) is 13.5. The molecule has 0 radical (unpaired) electrons. The van der Waals surface area contributed by atoms with Crippen LogP contribution in [0.1, 0.15) is 17.3 Å². The van der Waals surface area contributed by atoms with E-state index in [-0.39, 0.29) is 5.78 Å². The zero-order valence-electron chi connectivity index (χ0n) is 9.27. The number of carbonyl (C=O) groups is 1. The molecule has 3 heteroatoms. The third-order valence-electron chi connectivity index (χ3n) is 2.64. The van der Waals surface area contributed by atoms with Gasteiger partial charge in [0, 0.05) is 5.56 Å². The summed E-state index contributed by atoms with van der Waals surface area (Å²) in [6.07, 6.45) is 0. The fourth-order valence-electron chi connectivity index (χ4n) is 1.75. The van der Waals surface area contributed by atoms with Gasteiger partial charge in [0.15, 0.2) is 5.78 Å². The highest BCUT2D eigenvalue weighted by atomic mass is 32.2. The standard InChI is InChI=1S/C14H10O2S/c1-9(15)10-6-7-14-12(8-10)16-11-4-2-3-5-13(11)17-14/h2-8H,1H3. The first-order chi connectivity index (χ1) is 8.24. The average molecular weight is 242 g/mol. The van der Waals surface area contributed by atoms with Crippen molar-refractivity contribution in [2.45, 2.75) is 16.7 Å². The molecule has 17 heavy (non-hydrogen) atoms. The van der Waals surface area contributed by atoms with Gasteiger partial charge in [-0.1, -0.05) is 30.0 Å². The van der Waals surface area contributed by atoms with Gasteiger partial charge in [-0.15, -0.1) is 0 Å². The van der Waals surface area contributed by atoms with Crippen molar-refractivity contribution in [3.63, 3.8) is 0 Å². The van der Waals surface area contributed by atoms with Gasteiger partial charge in [0.2, 0.25) is 0 Å². The van der Waals surface area contributed by atoms with Crippen molar-refractivity contribution in [3.8, 4) is 11.5 Å². The Morgan fingerprint density at radius 3 is 2.65 bits per heavy atom. The van der Waals surface area contributed by atoms with Crippen molar-refractivity contribution in [2.75, 3.05) is 0 Å². The summed E-state index contributed by atoms with van der Waals surface area (Å²) in [6.45, 7) is 1.56. The number of hydrogen-bond donors (Lipinski definition) is 0. The summed E-state index contributed by atoms with van der Waals surface area (Å²) in [7, 11) is 0. The van der Waals surface area contributed by atoms with Gasteiger partial charge in [0.05, 0.1) is 9.79 Å². The van der Waals surface area contributed by atoms with Crippen LogP contribution < -0.4 is 4.74 Å². The van der Waals surface area contributed by atoms with Gasteiger partial charge in [0.1, 0.15) is 11.5 Å². The number of ether oxygens (including phenoxy) is 1. The predicted molar refractivity (Wildman–Crippen MR) is 67.1 cm³/mol. The molecule has 3 rings (SSSR count). The molecular formula is C14H10O2S. The summed E-state index contributed by atoms with van der Waals surface area (Å²) in [5.41, 5.74) is 0.684. The van der Waals surface area contributed by atoms with E-state index in [1.807, 2.05) is 36.4 Å². The second kappa shape index (κ2) is 3.93. The molecule has 0 unspecified atom stereocenters. The van der Waals surface area contributed by atoms with Crippen molar-refractivity contribution in [1.29, 1.82) is 0 Å².